The van der Waals surface area contributed by atoms with Crippen LogP contribution in [0.2, 0.25) is 0 Å². The van der Waals surface area contributed by atoms with Gasteiger partial charge in [-0.2, -0.15) is 0 Å². The zero-order valence-corrected chi connectivity index (χ0v) is 30.9. The minimum atomic E-state index is -1.03. The molecule has 4 heteroatoms. The van der Waals surface area contributed by atoms with E-state index in [-0.39, 0.29) is 0 Å². The minimum Gasteiger partial charge on any atom is -0.456 e. The molecular formula is C50H39BO3. The summed E-state index contributed by atoms with van der Waals surface area (Å²) in [7, 11) is 0.355. The Morgan fingerprint density at radius 2 is 1.02 bits per heavy atom. The number of rotatable bonds is 4. The molecule has 0 unspecified atom stereocenters. The Kier molecular flexibility index (Phi) is 6.32. The second-order valence-electron chi connectivity index (χ2n) is 16.3. The quantitative estimate of drug-likeness (QED) is 0.186. The van der Waals surface area contributed by atoms with Crippen molar-refractivity contribution < 1.29 is 14.2 Å². The smallest absolute Gasteiger partial charge is 0.310 e. The monoisotopic (exact) mass is 698 g/mol. The van der Waals surface area contributed by atoms with E-state index in [1.165, 1.54) is 66.8 Å². The lowest BCUT2D eigenvalue weighted by molar-refractivity contribution is -0.0893. The number of fused-ring (bicyclic) bond motifs is 20. The lowest BCUT2D eigenvalue weighted by Crippen LogP contribution is -2.49. The van der Waals surface area contributed by atoms with E-state index in [0.29, 0.717) is 7.48 Å². The molecule has 0 aliphatic heterocycles. The lowest BCUT2D eigenvalue weighted by Gasteiger charge is -2.49. The third-order valence-electron chi connectivity index (χ3n) is 13.2. The number of hydrogen-bond acceptors (Lipinski definition) is 3. The van der Waals surface area contributed by atoms with Gasteiger partial charge in [0.1, 0.15) is 11.2 Å². The molecule has 1 aromatic heterocycles. The standard InChI is InChI=1S/C50H39BO3/c1-47(2,52)48(3,4)54-51-41-26-15-25-40-44(41)33-28-29-43-45(32-18-7-14-27-42(32)53-43)46(33)50(40)38-23-12-10-21-36(38)49(37-22-11-13-24-39(37)50)34-19-8-5-16-30(34)31-17-6-9-20-35(31)49/h5-29,51-52H,1-4H3. The predicted molar refractivity (Wildman–Crippen MR) is 220 cm³/mol. The SMILES string of the molecule is CC(C)(O)C(C)(C)OBc1cccc2c1-c1ccc3oc4ccccc4c3c1C21c2ccccc2C2(c3ccccc3-c3ccccc32)c2ccccc21. The van der Waals surface area contributed by atoms with Crippen LogP contribution >= 0.6 is 0 Å². The van der Waals surface area contributed by atoms with E-state index in [1.54, 1.807) is 0 Å². The number of para-hydroxylation sites is 1. The first kappa shape index (κ1) is 31.8. The first-order valence-corrected chi connectivity index (χ1v) is 19.0. The molecule has 7 aromatic carbocycles. The second kappa shape index (κ2) is 10.7. The average molecular weight is 699 g/mol. The van der Waals surface area contributed by atoms with E-state index in [2.05, 4.69) is 152 Å². The zero-order valence-electron chi connectivity index (χ0n) is 30.9. The highest BCUT2D eigenvalue weighted by molar-refractivity contribution is 6.50. The minimum absolute atomic E-state index is 0.355. The molecule has 3 nitrogen and oxygen atoms in total. The number of hydrogen-bond donors (Lipinski definition) is 1. The maximum absolute atomic E-state index is 11.1. The summed E-state index contributed by atoms with van der Waals surface area (Å²) < 4.78 is 13.3. The van der Waals surface area contributed by atoms with Crippen LogP contribution in [0.4, 0.5) is 0 Å². The Hall–Kier alpha value is -5.68. The van der Waals surface area contributed by atoms with Crippen LogP contribution in [0, 0.1) is 0 Å². The van der Waals surface area contributed by atoms with Crippen molar-refractivity contribution in [2.75, 3.05) is 0 Å². The van der Waals surface area contributed by atoms with E-state index >= 15 is 0 Å². The largest absolute Gasteiger partial charge is 0.456 e. The molecule has 0 saturated carbocycles. The van der Waals surface area contributed by atoms with E-state index in [1.807, 2.05) is 27.7 Å². The summed E-state index contributed by atoms with van der Waals surface area (Å²) >= 11 is 0. The van der Waals surface area contributed by atoms with Crippen molar-refractivity contribution in [2.24, 2.45) is 0 Å². The molecule has 2 spiro atoms. The molecular weight excluding hydrogens is 659 g/mol. The van der Waals surface area contributed by atoms with Gasteiger partial charge in [0.15, 0.2) is 0 Å². The van der Waals surface area contributed by atoms with Crippen LogP contribution in [0.3, 0.4) is 0 Å². The Bertz CT molecular complexity index is 2770. The molecule has 0 bridgehead atoms. The molecule has 0 fully saturated rings. The normalized spacial score (nSPS) is 15.5. The van der Waals surface area contributed by atoms with Gasteiger partial charge in [-0.15, -0.1) is 0 Å². The summed E-state index contributed by atoms with van der Waals surface area (Å²) in [5.74, 6) is 0. The Balaban J connectivity index is 1.31. The van der Waals surface area contributed by atoms with Crippen molar-refractivity contribution >= 4 is 34.9 Å². The van der Waals surface area contributed by atoms with Gasteiger partial charge < -0.3 is 14.2 Å². The predicted octanol–water partition coefficient (Wildman–Crippen LogP) is 10.2. The highest BCUT2D eigenvalue weighted by Crippen LogP contribution is 2.68. The van der Waals surface area contributed by atoms with Crippen LogP contribution in [0.5, 0.6) is 0 Å². The molecule has 0 amide bonds. The Morgan fingerprint density at radius 1 is 0.500 bits per heavy atom. The van der Waals surface area contributed by atoms with Crippen molar-refractivity contribution in [3.63, 3.8) is 0 Å². The average Bonchev–Trinajstić information content (AvgIpc) is 3.81. The molecule has 0 saturated heterocycles. The summed E-state index contributed by atoms with van der Waals surface area (Å²) in [4.78, 5) is 0. The summed E-state index contributed by atoms with van der Waals surface area (Å²) in [5, 5.41) is 13.4. The molecule has 3 aliphatic carbocycles. The molecule has 0 radical (unpaired) electrons. The van der Waals surface area contributed by atoms with Gasteiger partial charge >= 0.3 is 7.48 Å². The molecule has 0 atom stereocenters. The number of benzene rings is 7. The molecule has 8 aromatic rings. The van der Waals surface area contributed by atoms with Crippen LogP contribution in [0.25, 0.3) is 44.2 Å². The van der Waals surface area contributed by atoms with E-state index < -0.39 is 22.0 Å². The lowest BCUT2D eigenvalue weighted by atomic mass is 9.52. The van der Waals surface area contributed by atoms with Gasteiger partial charge in [-0.25, -0.2) is 0 Å². The van der Waals surface area contributed by atoms with Gasteiger partial charge in [-0.1, -0.05) is 140 Å². The van der Waals surface area contributed by atoms with Crippen LogP contribution < -0.4 is 5.46 Å². The van der Waals surface area contributed by atoms with Crippen molar-refractivity contribution in [3.8, 4) is 22.3 Å². The van der Waals surface area contributed by atoms with E-state index in [0.717, 1.165) is 27.4 Å². The van der Waals surface area contributed by atoms with Crippen LogP contribution in [0.15, 0.2) is 156 Å². The zero-order chi connectivity index (χ0) is 36.6. The Labute approximate surface area is 316 Å². The number of furan rings is 1. The first-order chi connectivity index (χ1) is 26.2. The van der Waals surface area contributed by atoms with Crippen LogP contribution in [-0.4, -0.2) is 23.8 Å². The fraction of sp³-hybridized carbons (Fsp3) is 0.160. The van der Waals surface area contributed by atoms with Gasteiger partial charge in [0.05, 0.1) is 22.0 Å². The first-order valence-electron chi connectivity index (χ1n) is 19.0. The van der Waals surface area contributed by atoms with Crippen molar-refractivity contribution in [2.45, 2.75) is 49.7 Å². The van der Waals surface area contributed by atoms with Crippen LogP contribution in [-0.2, 0) is 15.5 Å². The number of aliphatic hydroxyl groups is 1. The molecule has 260 valence electrons. The molecule has 54 heavy (non-hydrogen) atoms. The molecule has 1 N–H and O–H groups in total. The van der Waals surface area contributed by atoms with Crippen molar-refractivity contribution in [3.05, 3.63) is 196 Å². The second-order valence-corrected chi connectivity index (χ2v) is 16.3. The van der Waals surface area contributed by atoms with Crippen LogP contribution in [0.1, 0.15) is 72.2 Å². The molecule has 11 rings (SSSR count). The summed E-state index contributed by atoms with van der Waals surface area (Å²) in [5.41, 5.74) is 15.1. The van der Waals surface area contributed by atoms with Gasteiger partial charge in [-0.05, 0) is 112 Å². The highest BCUT2D eigenvalue weighted by Gasteiger charge is 2.59. The van der Waals surface area contributed by atoms with Gasteiger partial charge in [0, 0.05) is 10.8 Å². The van der Waals surface area contributed by atoms with Crippen molar-refractivity contribution in [1.29, 1.82) is 0 Å². The van der Waals surface area contributed by atoms with E-state index in [9.17, 15) is 5.11 Å². The van der Waals surface area contributed by atoms with E-state index in [4.69, 9.17) is 9.07 Å². The maximum atomic E-state index is 11.1. The Morgan fingerprint density at radius 3 is 1.63 bits per heavy atom. The van der Waals surface area contributed by atoms with Gasteiger partial charge in [0.25, 0.3) is 0 Å². The molecule has 3 aliphatic rings. The third kappa shape index (κ3) is 3.75. The maximum Gasteiger partial charge on any atom is 0.310 e. The fourth-order valence-corrected chi connectivity index (χ4v) is 10.3. The third-order valence-corrected chi connectivity index (χ3v) is 13.2. The summed E-state index contributed by atoms with van der Waals surface area (Å²) in [6, 6.07) is 56.1. The van der Waals surface area contributed by atoms with Crippen molar-refractivity contribution in [1.82, 2.24) is 0 Å². The highest BCUT2D eigenvalue weighted by atomic mass is 16.5. The summed E-state index contributed by atoms with van der Waals surface area (Å²) in [6.45, 7) is 7.57. The van der Waals surface area contributed by atoms with Gasteiger partial charge in [-0.3, -0.25) is 0 Å². The summed E-state index contributed by atoms with van der Waals surface area (Å²) in [6.07, 6.45) is 0. The molecule has 1 heterocycles. The fourth-order valence-electron chi connectivity index (χ4n) is 10.3. The topological polar surface area (TPSA) is 42.6 Å². The van der Waals surface area contributed by atoms with Gasteiger partial charge in [0.2, 0.25) is 0 Å².